The summed E-state index contributed by atoms with van der Waals surface area (Å²) in [6.07, 6.45) is 8.58. The highest BCUT2D eigenvalue weighted by Crippen LogP contribution is 2.38. The lowest BCUT2D eigenvalue weighted by atomic mass is 10.2. The van der Waals surface area contributed by atoms with Crippen LogP contribution in [0.25, 0.3) is 11.4 Å². The number of rotatable bonds is 5. The van der Waals surface area contributed by atoms with Crippen molar-refractivity contribution in [3.05, 3.63) is 51.7 Å². The summed E-state index contributed by atoms with van der Waals surface area (Å²) in [5, 5.41) is 7.13. The molecule has 7 heteroatoms. The summed E-state index contributed by atoms with van der Waals surface area (Å²) in [6.45, 7) is 2.03. The van der Waals surface area contributed by atoms with Gasteiger partial charge in [0.1, 0.15) is 6.04 Å². The second-order valence-corrected chi connectivity index (χ2v) is 8.56. The van der Waals surface area contributed by atoms with Crippen LogP contribution < -0.4 is 4.90 Å². The topological polar surface area (TPSA) is 40.1 Å². The van der Waals surface area contributed by atoms with Crippen molar-refractivity contribution in [2.75, 3.05) is 6.54 Å². The molecule has 5 nitrogen and oxygen atoms in total. The predicted molar refractivity (Wildman–Crippen MR) is 105 cm³/mol. The summed E-state index contributed by atoms with van der Waals surface area (Å²) >= 11 is 7.71. The number of hydrogen-bond donors (Lipinski definition) is 1. The minimum absolute atomic E-state index is 0.515. The maximum Gasteiger partial charge on any atom is 0.203 e. The lowest BCUT2D eigenvalue weighted by Crippen LogP contribution is -3.09. The van der Waals surface area contributed by atoms with Gasteiger partial charge in [0.2, 0.25) is 4.77 Å². The Kier molecular flexibility index (Phi) is 4.23. The fourth-order valence-electron chi connectivity index (χ4n) is 4.01. The average molecular weight is 385 g/mol. The number of aromatic nitrogens is 4. The summed E-state index contributed by atoms with van der Waals surface area (Å²) in [7, 11) is 0. The van der Waals surface area contributed by atoms with E-state index in [-0.39, 0.29) is 0 Å². The third-order valence-corrected chi connectivity index (χ3v) is 6.84. The molecule has 5 rings (SSSR count). The Morgan fingerprint density at radius 3 is 2.77 bits per heavy atom. The van der Waals surface area contributed by atoms with Gasteiger partial charge in [0.25, 0.3) is 0 Å². The molecule has 1 N–H and O–H groups in total. The highest BCUT2D eigenvalue weighted by molar-refractivity contribution is 7.71. The molecule has 0 radical (unpaired) electrons. The van der Waals surface area contributed by atoms with Crippen LogP contribution in [0, 0.1) is 4.77 Å². The fourth-order valence-corrected chi connectivity index (χ4v) is 5.27. The zero-order valence-corrected chi connectivity index (χ0v) is 16.2. The Balaban J connectivity index is 1.49. The third-order valence-electron chi connectivity index (χ3n) is 5.44. The molecule has 1 saturated carbocycles. The van der Waals surface area contributed by atoms with Crippen molar-refractivity contribution >= 4 is 23.6 Å². The molecule has 2 aliphatic rings. The van der Waals surface area contributed by atoms with E-state index in [2.05, 4.69) is 31.7 Å². The molecule has 1 unspecified atom stereocenters. The fraction of sp³-hybridized carbons (Fsp3) is 0.421. The minimum atomic E-state index is 0.515. The molecule has 0 spiro atoms. The molecular weight excluding hydrogens is 362 g/mol. The van der Waals surface area contributed by atoms with Gasteiger partial charge in [-0.2, -0.15) is 4.68 Å². The molecule has 26 heavy (non-hydrogen) atoms. The van der Waals surface area contributed by atoms with Crippen molar-refractivity contribution in [2.45, 2.75) is 44.4 Å². The van der Waals surface area contributed by atoms with Crippen LogP contribution in [0.2, 0.25) is 0 Å². The standard InChI is InChI=1S/C19H21N5S2/c25-19-23(13-22-11-1-3-16(22)17-4-2-12-26-17)21-18(24(19)15-5-6-15)14-7-9-20-10-8-14/h2,4,7-10,12,15-16H,1,3,5-6,11,13H2/p+1/t16-/m1/s1. The Morgan fingerprint density at radius 2 is 2.04 bits per heavy atom. The molecule has 2 atom stereocenters. The van der Waals surface area contributed by atoms with Crippen LogP contribution in [0.1, 0.15) is 42.6 Å². The van der Waals surface area contributed by atoms with Crippen molar-refractivity contribution in [3.63, 3.8) is 0 Å². The van der Waals surface area contributed by atoms with Gasteiger partial charge in [-0.15, -0.1) is 16.4 Å². The van der Waals surface area contributed by atoms with Gasteiger partial charge in [-0.1, -0.05) is 6.07 Å². The van der Waals surface area contributed by atoms with E-state index in [0.717, 1.165) is 22.8 Å². The second kappa shape index (κ2) is 6.72. The molecule has 0 amide bonds. The molecule has 134 valence electrons. The first-order valence-corrected chi connectivity index (χ1v) is 10.6. The van der Waals surface area contributed by atoms with Gasteiger partial charge in [0.05, 0.1) is 11.4 Å². The van der Waals surface area contributed by atoms with Gasteiger partial charge in [0, 0.05) is 36.8 Å². The summed E-state index contributed by atoms with van der Waals surface area (Å²) < 4.78 is 5.19. The molecular formula is C19H22N5S2+. The second-order valence-electron chi connectivity index (χ2n) is 7.22. The first-order valence-electron chi connectivity index (χ1n) is 9.29. The average Bonchev–Trinajstić information content (AvgIpc) is 3.07. The first kappa shape index (κ1) is 16.4. The molecule has 1 aliphatic heterocycles. The molecule has 2 fully saturated rings. The molecule has 4 heterocycles. The zero-order valence-electron chi connectivity index (χ0n) is 14.5. The quantitative estimate of drug-likeness (QED) is 0.687. The summed E-state index contributed by atoms with van der Waals surface area (Å²) in [5.74, 6) is 0.992. The molecule has 3 aromatic rings. The lowest BCUT2D eigenvalue weighted by molar-refractivity contribution is -0.941. The largest absolute Gasteiger partial charge is 0.309 e. The number of likely N-dealkylation sites (tertiary alicyclic amines) is 1. The highest BCUT2D eigenvalue weighted by Gasteiger charge is 2.33. The van der Waals surface area contributed by atoms with Gasteiger partial charge in [0.15, 0.2) is 12.5 Å². The number of nitrogens with zero attached hydrogens (tertiary/aromatic N) is 4. The molecule has 3 aromatic heterocycles. The highest BCUT2D eigenvalue weighted by atomic mass is 32.1. The van der Waals surface area contributed by atoms with Crippen molar-refractivity contribution in [1.29, 1.82) is 0 Å². The van der Waals surface area contributed by atoms with Crippen molar-refractivity contribution in [2.24, 2.45) is 0 Å². The van der Waals surface area contributed by atoms with E-state index < -0.39 is 0 Å². The zero-order chi connectivity index (χ0) is 17.5. The van der Waals surface area contributed by atoms with E-state index in [1.165, 1.54) is 37.1 Å². The SMILES string of the molecule is S=c1n(C[NH+]2CCC[C@@H]2c2cccs2)nc(-c2ccncc2)n1C1CC1. The summed E-state index contributed by atoms with van der Waals surface area (Å²) in [5.41, 5.74) is 1.10. The van der Waals surface area contributed by atoms with Gasteiger partial charge in [-0.3, -0.25) is 9.55 Å². The van der Waals surface area contributed by atoms with Crippen LogP contribution >= 0.6 is 23.6 Å². The number of pyridine rings is 1. The van der Waals surface area contributed by atoms with Crippen molar-refractivity contribution in [3.8, 4) is 11.4 Å². The Morgan fingerprint density at radius 1 is 1.19 bits per heavy atom. The van der Waals surface area contributed by atoms with Crippen LogP contribution in [0.5, 0.6) is 0 Å². The van der Waals surface area contributed by atoms with Gasteiger partial charge < -0.3 is 4.90 Å². The number of quaternary nitrogens is 1. The minimum Gasteiger partial charge on any atom is -0.309 e. The van der Waals surface area contributed by atoms with E-state index in [9.17, 15) is 0 Å². The van der Waals surface area contributed by atoms with E-state index in [1.54, 1.807) is 4.90 Å². The van der Waals surface area contributed by atoms with Crippen LogP contribution in [0.15, 0.2) is 42.0 Å². The molecule has 1 saturated heterocycles. The smallest absolute Gasteiger partial charge is 0.203 e. The maximum absolute atomic E-state index is 5.84. The number of thiophene rings is 1. The van der Waals surface area contributed by atoms with Gasteiger partial charge >= 0.3 is 0 Å². The molecule has 1 aliphatic carbocycles. The van der Waals surface area contributed by atoms with E-state index in [4.69, 9.17) is 17.3 Å². The van der Waals surface area contributed by atoms with Crippen LogP contribution in [0.4, 0.5) is 0 Å². The monoisotopic (exact) mass is 384 g/mol. The van der Waals surface area contributed by atoms with E-state index in [0.29, 0.717) is 12.1 Å². The predicted octanol–water partition coefficient (Wildman–Crippen LogP) is 3.25. The summed E-state index contributed by atoms with van der Waals surface area (Å²) in [6, 6.07) is 9.57. The molecule has 0 aromatic carbocycles. The third kappa shape index (κ3) is 2.94. The Hall–Kier alpha value is -1.83. The summed E-state index contributed by atoms with van der Waals surface area (Å²) in [4.78, 5) is 7.20. The van der Waals surface area contributed by atoms with Crippen LogP contribution in [0.3, 0.4) is 0 Å². The van der Waals surface area contributed by atoms with Crippen LogP contribution in [-0.4, -0.2) is 25.9 Å². The van der Waals surface area contributed by atoms with Crippen LogP contribution in [-0.2, 0) is 6.67 Å². The van der Waals surface area contributed by atoms with Gasteiger partial charge in [-0.25, -0.2) is 0 Å². The van der Waals surface area contributed by atoms with Crippen molar-refractivity contribution in [1.82, 2.24) is 19.3 Å². The number of nitrogens with one attached hydrogen (secondary N) is 1. The Bertz CT molecular complexity index is 940. The normalized spacial score (nSPS) is 22.8. The van der Waals surface area contributed by atoms with E-state index in [1.807, 2.05) is 35.9 Å². The van der Waals surface area contributed by atoms with E-state index >= 15 is 0 Å². The Labute approximate surface area is 161 Å². The van der Waals surface area contributed by atoms with Gasteiger partial charge in [-0.05, 0) is 48.6 Å². The number of hydrogen-bond acceptors (Lipinski definition) is 4. The van der Waals surface area contributed by atoms with Crippen molar-refractivity contribution < 1.29 is 4.90 Å². The lowest BCUT2D eigenvalue weighted by Gasteiger charge is -2.20. The first-order chi connectivity index (χ1) is 12.8. The maximum atomic E-state index is 5.84. The molecule has 0 bridgehead atoms.